The molecule has 0 aromatic heterocycles. The maximum absolute atomic E-state index is 13.0. The fraction of sp³-hybridized carbons (Fsp3) is 0.957. The zero-order chi connectivity index (χ0) is 60.5. The molecule has 7 fully saturated rings. The number of ether oxygens (including phenoxy) is 13. The Balaban J connectivity index is 1.21. The van der Waals surface area contributed by atoms with Crippen molar-refractivity contribution in [3.63, 3.8) is 0 Å². The molecule has 7 rings (SSSR count). The van der Waals surface area contributed by atoms with Crippen molar-refractivity contribution in [2.75, 3.05) is 33.0 Å². The van der Waals surface area contributed by atoms with Crippen LogP contribution in [0.3, 0.4) is 0 Å². The standard InChI is InChI=1S/C46H78N2O34/c1-10-21(54)27(60)31(64)42(72-10)71-9-18-37(38(20(40(69)74-18)48-13(4)53)81-44-33(66)28(61)22(55)11(2)73-44)80-41-19(47-12(3)52)26(59)36(16(7-51)77-41)79-46-35(68)39(82-45-34(67)30(63)24(57)15(6-50)76-45)25(58)17(78-46)8-70-43-32(65)29(62)23(56)14(5-49)75-43/h10-11,14-46,49-51,54-69H,5-9H2,1-4H3,(H,47,52)(H,48,53)/t10-,11-,14+,15+,16+,17+,18+,19+,20+,21+,22+,23+,24+,25+,26+,27+,28+,29-,30-,31-,32-,33-,34-,35-,36+,37+,38+,39-,40+,41-,42+,43+,44-,45+,46-/m0/s1. The van der Waals surface area contributed by atoms with Crippen molar-refractivity contribution in [2.45, 2.75) is 243 Å². The van der Waals surface area contributed by atoms with E-state index in [4.69, 9.17) is 61.6 Å². The van der Waals surface area contributed by atoms with Gasteiger partial charge in [0.25, 0.3) is 0 Å². The van der Waals surface area contributed by atoms with Crippen LogP contribution in [0.1, 0.15) is 27.7 Å². The molecule has 0 radical (unpaired) electrons. The number of hydrogen-bond acceptors (Lipinski definition) is 34. The smallest absolute Gasteiger partial charge is 0.217 e. The second kappa shape index (κ2) is 28.7. The number of aliphatic hydroxyl groups is 19. The summed E-state index contributed by atoms with van der Waals surface area (Å²) in [5.74, 6) is -1.73. The van der Waals surface area contributed by atoms with Crippen LogP contribution in [0.15, 0.2) is 0 Å². The minimum atomic E-state index is -2.29. The van der Waals surface area contributed by atoms with Gasteiger partial charge in [0.15, 0.2) is 44.0 Å². The van der Waals surface area contributed by atoms with Crippen LogP contribution in [0, 0.1) is 0 Å². The molecule has 36 heteroatoms. The van der Waals surface area contributed by atoms with Gasteiger partial charge in [0.2, 0.25) is 11.8 Å². The van der Waals surface area contributed by atoms with E-state index in [0.717, 1.165) is 13.8 Å². The minimum absolute atomic E-state index is 0.826. The molecule has 0 aliphatic carbocycles. The van der Waals surface area contributed by atoms with E-state index in [2.05, 4.69) is 10.6 Å². The SMILES string of the molecule is CC(=O)N[C@@H]1[C@@H](O[C@@H]2O[C@@H](C)[C@@H](O)[C@@H](O)[C@@H]2O)[C@H](O[C@@H]2O[C@H](CO)[C@@H](O[C@@H]3O[C@H](CO[C@@H]4O[C@H](CO)[C@@H](O)[C@H](O)[C@@H]4O)[C@@H](O)[C@H](O[C@H]4O[C@H](CO)[C@@H](O)[C@H](O)[C@@H]4O)[C@@H]3O)[C@H](O)[C@H]2NC(C)=O)[C@@H](CO[C@@H]2O[C@@H](C)[C@@H](O)[C@@H](O)[C@@H]2O)O[C@H]1O. The molecule has 0 saturated carbocycles. The van der Waals surface area contributed by atoms with Gasteiger partial charge in [-0.15, -0.1) is 0 Å². The molecule has 7 aliphatic rings. The van der Waals surface area contributed by atoms with Crippen LogP contribution in [0.4, 0.5) is 0 Å². The van der Waals surface area contributed by atoms with Gasteiger partial charge in [-0.2, -0.15) is 0 Å². The van der Waals surface area contributed by atoms with Gasteiger partial charge in [0.05, 0.1) is 45.2 Å². The van der Waals surface area contributed by atoms with Crippen LogP contribution in [0.2, 0.25) is 0 Å². The minimum Gasteiger partial charge on any atom is -0.394 e. The molecular weight excluding hydrogens is 1120 g/mol. The lowest BCUT2D eigenvalue weighted by Crippen LogP contribution is -2.71. The summed E-state index contributed by atoms with van der Waals surface area (Å²) in [4.78, 5) is 25.7. The monoisotopic (exact) mass is 1200 g/mol. The molecule has 7 heterocycles. The van der Waals surface area contributed by atoms with E-state index in [1.54, 1.807) is 0 Å². The Morgan fingerprint density at radius 1 is 0.341 bits per heavy atom. The number of carbonyl (C=O) groups excluding carboxylic acids is 2. The number of aliphatic hydroxyl groups excluding tert-OH is 19. The van der Waals surface area contributed by atoms with E-state index in [1.807, 2.05) is 0 Å². The topological polar surface area (TPSA) is 563 Å². The molecule has 0 aromatic rings. The van der Waals surface area contributed by atoms with E-state index in [9.17, 15) is 107 Å². The van der Waals surface area contributed by atoms with Gasteiger partial charge in [-0.3, -0.25) is 9.59 Å². The van der Waals surface area contributed by atoms with E-state index >= 15 is 0 Å². The van der Waals surface area contributed by atoms with E-state index in [-0.39, 0.29) is 0 Å². The van der Waals surface area contributed by atoms with Crippen molar-refractivity contribution in [1.29, 1.82) is 0 Å². The zero-order valence-corrected chi connectivity index (χ0v) is 44.4. The molecule has 476 valence electrons. The first kappa shape index (κ1) is 67.2. The number of rotatable bonds is 19. The average molecular weight is 1200 g/mol. The predicted molar refractivity (Wildman–Crippen MR) is 252 cm³/mol. The summed E-state index contributed by atoms with van der Waals surface area (Å²) in [6.45, 7) is -0.0441. The second-order valence-corrected chi connectivity index (χ2v) is 21.1. The van der Waals surface area contributed by atoms with Crippen molar-refractivity contribution >= 4 is 11.8 Å². The van der Waals surface area contributed by atoms with Gasteiger partial charge >= 0.3 is 0 Å². The number of amides is 2. The number of hydrogen-bond donors (Lipinski definition) is 21. The van der Waals surface area contributed by atoms with Crippen molar-refractivity contribution in [3.05, 3.63) is 0 Å². The summed E-state index contributed by atoms with van der Waals surface area (Å²) in [6, 6.07) is -3.64. The molecule has 82 heavy (non-hydrogen) atoms. The molecule has 0 bridgehead atoms. The highest BCUT2D eigenvalue weighted by atomic mass is 16.8. The molecule has 35 atom stereocenters. The summed E-state index contributed by atoms with van der Waals surface area (Å²) in [5.41, 5.74) is 0. The summed E-state index contributed by atoms with van der Waals surface area (Å²) in [6.07, 6.45) is -62.0. The van der Waals surface area contributed by atoms with Gasteiger partial charge in [0, 0.05) is 13.8 Å². The van der Waals surface area contributed by atoms with Crippen LogP contribution in [0.25, 0.3) is 0 Å². The molecule has 21 N–H and O–H groups in total. The Hall–Kier alpha value is -2.34. The third kappa shape index (κ3) is 14.5. The summed E-state index contributed by atoms with van der Waals surface area (Å²) in [7, 11) is 0. The van der Waals surface area contributed by atoms with Crippen LogP contribution in [-0.4, -0.2) is 357 Å². The lowest BCUT2D eigenvalue weighted by molar-refractivity contribution is -0.388. The van der Waals surface area contributed by atoms with Crippen LogP contribution in [0.5, 0.6) is 0 Å². The first-order valence-corrected chi connectivity index (χ1v) is 26.3. The fourth-order valence-electron chi connectivity index (χ4n) is 10.5. The molecule has 7 saturated heterocycles. The van der Waals surface area contributed by atoms with Crippen molar-refractivity contribution in [3.8, 4) is 0 Å². The van der Waals surface area contributed by atoms with Crippen LogP contribution < -0.4 is 10.6 Å². The lowest BCUT2D eigenvalue weighted by Gasteiger charge is -2.51. The molecule has 7 aliphatic heterocycles. The molecule has 0 unspecified atom stereocenters. The third-order valence-corrected chi connectivity index (χ3v) is 15.2. The van der Waals surface area contributed by atoms with Gasteiger partial charge < -0.3 is 169 Å². The summed E-state index contributed by atoms with van der Waals surface area (Å²) in [5, 5.41) is 210. The molecule has 2 amide bonds. The highest BCUT2D eigenvalue weighted by Crippen LogP contribution is 2.37. The quantitative estimate of drug-likeness (QED) is 0.0571. The van der Waals surface area contributed by atoms with E-state index in [1.165, 1.54) is 13.8 Å². The van der Waals surface area contributed by atoms with Crippen LogP contribution >= 0.6 is 0 Å². The Morgan fingerprint density at radius 2 is 0.720 bits per heavy atom. The van der Waals surface area contributed by atoms with Gasteiger partial charge in [-0.1, -0.05) is 0 Å². The molecular formula is C46H78N2O34. The highest BCUT2D eigenvalue weighted by Gasteiger charge is 2.58. The highest BCUT2D eigenvalue weighted by molar-refractivity contribution is 5.73. The lowest BCUT2D eigenvalue weighted by atomic mass is 9.93. The Labute approximate surface area is 465 Å². The van der Waals surface area contributed by atoms with Crippen molar-refractivity contribution in [2.24, 2.45) is 0 Å². The maximum atomic E-state index is 13.0. The van der Waals surface area contributed by atoms with Gasteiger partial charge in [-0.05, 0) is 13.8 Å². The summed E-state index contributed by atoms with van der Waals surface area (Å²) >= 11 is 0. The second-order valence-electron chi connectivity index (χ2n) is 21.1. The van der Waals surface area contributed by atoms with Gasteiger partial charge in [-0.25, -0.2) is 0 Å². The zero-order valence-electron chi connectivity index (χ0n) is 44.4. The Bertz CT molecular complexity index is 2030. The van der Waals surface area contributed by atoms with Crippen molar-refractivity contribution < 1.29 is 168 Å². The Kier molecular flexibility index (Phi) is 23.5. The fourth-order valence-corrected chi connectivity index (χ4v) is 10.5. The average Bonchev–Trinajstić information content (AvgIpc) is 2.90. The first-order valence-electron chi connectivity index (χ1n) is 26.3. The Morgan fingerprint density at radius 3 is 1.24 bits per heavy atom. The number of nitrogens with one attached hydrogen (secondary N) is 2. The number of carbonyl (C=O) groups is 2. The van der Waals surface area contributed by atoms with E-state index < -0.39 is 260 Å². The first-order chi connectivity index (χ1) is 38.6. The van der Waals surface area contributed by atoms with Crippen LogP contribution in [-0.2, 0) is 71.2 Å². The molecule has 0 aromatic carbocycles. The van der Waals surface area contributed by atoms with Gasteiger partial charge in [0.1, 0.15) is 159 Å². The summed E-state index contributed by atoms with van der Waals surface area (Å²) < 4.78 is 75.9. The molecule has 36 nitrogen and oxygen atoms in total. The molecule has 0 spiro atoms. The largest absolute Gasteiger partial charge is 0.394 e. The third-order valence-electron chi connectivity index (χ3n) is 15.2. The van der Waals surface area contributed by atoms with E-state index in [0.29, 0.717) is 0 Å². The predicted octanol–water partition coefficient (Wildman–Crippen LogP) is -13.9. The normalized spacial score (nSPS) is 51.3. The van der Waals surface area contributed by atoms with Crippen molar-refractivity contribution in [1.82, 2.24) is 10.6 Å². The maximum Gasteiger partial charge on any atom is 0.217 e.